The Labute approximate surface area is 168 Å². The molecule has 0 bridgehead atoms. The van der Waals surface area contributed by atoms with Crippen molar-refractivity contribution in [3.05, 3.63) is 48.2 Å². The van der Waals surface area contributed by atoms with Crippen LogP contribution in [-0.4, -0.2) is 58.0 Å². The van der Waals surface area contributed by atoms with Crippen molar-refractivity contribution in [2.24, 2.45) is 4.99 Å². The van der Waals surface area contributed by atoms with Gasteiger partial charge < -0.3 is 15.0 Å². The normalized spacial score (nSPS) is 18.9. The monoisotopic (exact) mass is 415 g/mol. The quantitative estimate of drug-likeness (QED) is 0.753. The molecule has 0 radical (unpaired) electrons. The maximum atomic E-state index is 12.2. The molecule has 2 aliphatic rings. The topological polar surface area (TPSA) is 113 Å². The van der Waals surface area contributed by atoms with Crippen molar-refractivity contribution in [3.8, 4) is 0 Å². The summed E-state index contributed by atoms with van der Waals surface area (Å²) in [7, 11) is -3.57. The summed E-state index contributed by atoms with van der Waals surface area (Å²) in [5.41, 5.74) is 1.13. The van der Waals surface area contributed by atoms with Crippen LogP contribution in [0.4, 0.5) is 11.5 Å². The zero-order chi connectivity index (χ0) is 20.3. The van der Waals surface area contributed by atoms with Crippen LogP contribution < -0.4 is 14.9 Å². The van der Waals surface area contributed by atoms with Gasteiger partial charge in [-0.25, -0.2) is 13.4 Å². The van der Waals surface area contributed by atoms with Crippen molar-refractivity contribution in [1.82, 2.24) is 9.71 Å². The number of aromatic nitrogens is 1. The molecule has 1 aromatic carbocycles. The predicted octanol–water partition coefficient (Wildman–Crippen LogP) is 0.985. The van der Waals surface area contributed by atoms with E-state index >= 15 is 0 Å². The number of morpholine rings is 1. The summed E-state index contributed by atoms with van der Waals surface area (Å²) in [6, 6.07) is 10.3. The SMILES string of the molecule is O=C(CCN=C1NS(=O)(=O)c2ccccc21)Nc1ccc(N2CCOCC2)nc1. The van der Waals surface area contributed by atoms with Gasteiger partial charge in [-0.05, 0) is 24.3 Å². The predicted molar refractivity (Wildman–Crippen MR) is 109 cm³/mol. The third kappa shape index (κ3) is 4.38. The van der Waals surface area contributed by atoms with Crippen molar-refractivity contribution in [3.63, 3.8) is 0 Å². The number of carbonyl (C=O) groups excluding carboxylic acids is 1. The molecule has 1 saturated heterocycles. The number of pyridine rings is 1. The Morgan fingerprint density at radius 3 is 2.76 bits per heavy atom. The molecule has 2 aliphatic heterocycles. The molecule has 3 heterocycles. The third-order valence-electron chi connectivity index (χ3n) is 4.64. The van der Waals surface area contributed by atoms with Crippen molar-refractivity contribution >= 4 is 33.3 Å². The number of fused-ring (bicyclic) bond motifs is 1. The summed E-state index contributed by atoms with van der Waals surface area (Å²) in [5, 5.41) is 2.78. The maximum Gasteiger partial charge on any atom is 0.263 e. The second-order valence-corrected chi connectivity index (χ2v) is 8.29. The standard InChI is InChI=1S/C19H21N5O4S/c25-18(22-14-5-6-17(21-13-14)24-9-11-28-12-10-24)7-8-20-19-15-3-1-2-4-16(15)29(26,27)23-19/h1-6,13H,7-12H2,(H,20,23)(H,22,25). The van der Waals surface area contributed by atoms with E-state index in [0.29, 0.717) is 24.5 Å². The minimum absolute atomic E-state index is 0.124. The number of sulfonamides is 1. The fourth-order valence-electron chi connectivity index (χ4n) is 3.18. The van der Waals surface area contributed by atoms with Gasteiger partial charge in [-0.15, -0.1) is 0 Å². The Morgan fingerprint density at radius 1 is 1.21 bits per heavy atom. The first-order chi connectivity index (χ1) is 14.0. The highest BCUT2D eigenvalue weighted by molar-refractivity contribution is 7.90. The fraction of sp³-hybridized carbons (Fsp3) is 0.316. The summed E-state index contributed by atoms with van der Waals surface area (Å²) in [5.74, 6) is 0.902. The molecule has 10 heteroatoms. The van der Waals surface area contributed by atoms with Gasteiger partial charge in [0.05, 0.1) is 36.5 Å². The number of hydrogen-bond acceptors (Lipinski definition) is 7. The number of rotatable bonds is 5. The summed E-state index contributed by atoms with van der Waals surface area (Å²) in [6.07, 6.45) is 1.74. The lowest BCUT2D eigenvalue weighted by molar-refractivity contribution is -0.116. The van der Waals surface area contributed by atoms with Crippen LogP contribution >= 0.6 is 0 Å². The summed E-state index contributed by atoms with van der Waals surface area (Å²) in [6.45, 7) is 3.13. The Hall–Kier alpha value is -2.98. The smallest absolute Gasteiger partial charge is 0.263 e. The number of carbonyl (C=O) groups is 1. The van der Waals surface area contributed by atoms with E-state index in [2.05, 4.69) is 24.9 Å². The lowest BCUT2D eigenvalue weighted by Crippen LogP contribution is -2.36. The Bertz CT molecular complexity index is 1030. The lowest BCUT2D eigenvalue weighted by atomic mass is 10.2. The molecule has 1 aromatic heterocycles. The third-order valence-corrected chi connectivity index (χ3v) is 6.04. The highest BCUT2D eigenvalue weighted by Gasteiger charge is 2.29. The van der Waals surface area contributed by atoms with Gasteiger partial charge in [-0.2, -0.15) is 0 Å². The van der Waals surface area contributed by atoms with E-state index in [1.165, 1.54) is 6.07 Å². The van der Waals surface area contributed by atoms with Gasteiger partial charge in [-0.3, -0.25) is 14.5 Å². The van der Waals surface area contributed by atoms with Crippen LogP contribution in [0, 0.1) is 0 Å². The highest BCUT2D eigenvalue weighted by atomic mass is 32.2. The van der Waals surface area contributed by atoms with E-state index in [0.717, 1.165) is 18.9 Å². The molecule has 29 heavy (non-hydrogen) atoms. The molecular formula is C19H21N5O4S. The molecule has 0 spiro atoms. The van der Waals surface area contributed by atoms with Crippen LogP contribution in [0.2, 0.25) is 0 Å². The van der Waals surface area contributed by atoms with Gasteiger partial charge in [0.25, 0.3) is 10.0 Å². The second-order valence-electron chi connectivity index (χ2n) is 6.63. The van der Waals surface area contributed by atoms with E-state index < -0.39 is 10.0 Å². The molecule has 0 unspecified atom stereocenters. The van der Waals surface area contributed by atoms with Gasteiger partial charge in [0.15, 0.2) is 0 Å². The minimum Gasteiger partial charge on any atom is -0.378 e. The van der Waals surface area contributed by atoms with E-state index in [1.807, 2.05) is 12.1 Å². The van der Waals surface area contributed by atoms with Crippen molar-refractivity contribution in [1.29, 1.82) is 0 Å². The number of anilines is 2. The molecule has 9 nitrogen and oxygen atoms in total. The molecule has 152 valence electrons. The van der Waals surface area contributed by atoms with Crippen LogP contribution in [0.5, 0.6) is 0 Å². The number of nitrogens with one attached hydrogen (secondary N) is 2. The van der Waals surface area contributed by atoms with Crippen LogP contribution in [0.3, 0.4) is 0 Å². The second kappa shape index (κ2) is 8.18. The van der Waals surface area contributed by atoms with E-state index in [-0.39, 0.29) is 29.6 Å². The van der Waals surface area contributed by atoms with Crippen LogP contribution in [0.15, 0.2) is 52.5 Å². The number of amides is 1. The number of hydrogen-bond donors (Lipinski definition) is 2. The fourth-order valence-corrected chi connectivity index (χ4v) is 4.43. The van der Waals surface area contributed by atoms with Gasteiger partial charge in [-0.1, -0.05) is 12.1 Å². The molecule has 2 N–H and O–H groups in total. The molecule has 2 aromatic rings. The molecule has 4 rings (SSSR count). The summed E-state index contributed by atoms with van der Waals surface area (Å²) >= 11 is 0. The Balaban J connectivity index is 1.32. The zero-order valence-electron chi connectivity index (χ0n) is 15.7. The highest BCUT2D eigenvalue weighted by Crippen LogP contribution is 2.22. The first-order valence-electron chi connectivity index (χ1n) is 9.28. The molecule has 1 amide bonds. The van der Waals surface area contributed by atoms with Crippen LogP contribution in [-0.2, 0) is 19.6 Å². The molecule has 0 atom stereocenters. The maximum absolute atomic E-state index is 12.2. The average Bonchev–Trinajstić information content (AvgIpc) is 3.00. The first kappa shape index (κ1) is 19.3. The molecule has 1 fully saturated rings. The first-order valence-corrected chi connectivity index (χ1v) is 10.8. The number of aliphatic imine (C=N–C) groups is 1. The van der Waals surface area contributed by atoms with E-state index in [9.17, 15) is 13.2 Å². The average molecular weight is 415 g/mol. The van der Waals surface area contributed by atoms with Crippen LogP contribution in [0.25, 0.3) is 0 Å². The molecule has 0 aliphatic carbocycles. The largest absolute Gasteiger partial charge is 0.378 e. The van der Waals surface area contributed by atoms with Crippen molar-refractivity contribution < 1.29 is 17.9 Å². The van der Waals surface area contributed by atoms with Crippen LogP contribution in [0.1, 0.15) is 12.0 Å². The van der Waals surface area contributed by atoms with Gasteiger partial charge in [0, 0.05) is 25.1 Å². The van der Waals surface area contributed by atoms with E-state index in [4.69, 9.17) is 4.74 Å². The van der Waals surface area contributed by atoms with Crippen molar-refractivity contribution in [2.45, 2.75) is 11.3 Å². The van der Waals surface area contributed by atoms with Gasteiger partial charge in [0.1, 0.15) is 11.7 Å². The summed E-state index contributed by atoms with van der Waals surface area (Å²) in [4.78, 5) is 23.1. The van der Waals surface area contributed by atoms with E-state index in [1.54, 1.807) is 24.4 Å². The summed E-state index contributed by atoms with van der Waals surface area (Å²) < 4.78 is 31.9. The number of nitrogens with zero attached hydrogens (tertiary/aromatic N) is 3. The lowest BCUT2D eigenvalue weighted by Gasteiger charge is -2.27. The minimum atomic E-state index is -3.57. The van der Waals surface area contributed by atoms with Crippen molar-refractivity contribution in [2.75, 3.05) is 43.1 Å². The van der Waals surface area contributed by atoms with Gasteiger partial charge >= 0.3 is 0 Å². The number of ether oxygens (including phenoxy) is 1. The number of benzene rings is 1. The molecule has 0 saturated carbocycles. The Kier molecular flexibility index (Phi) is 5.45. The zero-order valence-corrected chi connectivity index (χ0v) is 16.5. The number of amidine groups is 1. The van der Waals surface area contributed by atoms with Gasteiger partial charge in [0.2, 0.25) is 5.91 Å². The molecular weight excluding hydrogens is 394 g/mol. The Morgan fingerprint density at radius 2 is 2.00 bits per heavy atom.